The lowest BCUT2D eigenvalue weighted by Gasteiger charge is -2.35. The summed E-state index contributed by atoms with van der Waals surface area (Å²) < 4.78 is 0. The number of hydrogen-bond donors (Lipinski definition) is 2. The van der Waals surface area contributed by atoms with Crippen LogP contribution in [-0.4, -0.2) is 34.0 Å². The number of nitrogens with two attached hydrogens (primary N) is 1. The summed E-state index contributed by atoms with van der Waals surface area (Å²) >= 11 is 0. The lowest BCUT2D eigenvalue weighted by atomic mass is 9.89. The summed E-state index contributed by atoms with van der Waals surface area (Å²) in [6.45, 7) is 1.58. The number of anilines is 1. The van der Waals surface area contributed by atoms with Gasteiger partial charge < -0.3 is 10.8 Å². The summed E-state index contributed by atoms with van der Waals surface area (Å²) in [5, 5.41) is 9.65. The molecule has 3 rings (SSSR count). The highest BCUT2D eigenvalue weighted by Crippen LogP contribution is 2.28. The molecule has 1 aromatic heterocycles. The summed E-state index contributed by atoms with van der Waals surface area (Å²) in [5.74, 6) is 0.190. The first-order valence-electron chi connectivity index (χ1n) is 8.35. The first kappa shape index (κ1) is 16.5. The molecule has 1 aliphatic rings. The molecule has 1 atom stereocenters. The standard InChI is InChI=1S/C19H23N3O2/c20-17-7-6-16(13-21-17)18(19(23)24)22-10-8-15(9-11-22)12-14-4-2-1-3-5-14/h1-7,13,15,18H,8-12H2,(H2,20,21)(H,23,24)/t18-/m0/s1. The lowest BCUT2D eigenvalue weighted by molar-refractivity contribution is -0.144. The molecule has 0 saturated carbocycles. The number of pyridine rings is 1. The van der Waals surface area contributed by atoms with Crippen molar-refractivity contribution < 1.29 is 9.90 Å². The Labute approximate surface area is 142 Å². The molecule has 0 radical (unpaired) electrons. The molecule has 2 heterocycles. The fraction of sp³-hybridized carbons (Fsp3) is 0.368. The van der Waals surface area contributed by atoms with Crippen molar-refractivity contribution in [2.75, 3.05) is 18.8 Å². The van der Waals surface area contributed by atoms with Gasteiger partial charge in [0.2, 0.25) is 0 Å². The smallest absolute Gasteiger partial charge is 0.325 e. The maximum absolute atomic E-state index is 11.8. The van der Waals surface area contributed by atoms with Crippen LogP contribution in [0.4, 0.5) is 5.82 Å². The van der Waals surface area contributed by atoms with Crippen molar-refractivity contribution >= 4 is 11.8 Å². The molecule has 0 amide bonds. The van der Waals surface area contributed by atoms with Crippen molar-refractivity contribution in [3.8, 4) is 0 Å². The average molecular weight is 325 g/mol. The molecule has 1 aliphatic heterocycles. The maximum Gasteiger partial charge on any atom is 0.325 e. The zero-order valence-electron chi connectivity index (χ0n) is 13.6. The summed E-state index contributed by atoms with van der Waals surface area (Å²) in [6.07, 6.45) is 4.67. The average Bonchev–Trinajstić information content (AvgIpc) is 2.59. The number of carbonyl (C=O) groups is 1. The summed E-state index contributed by atoms with van der Waals surface area (Å²) in [6, 6.07) is 13.3. The fourth-order valence-electron chi connectivity index (χ4n) is 3.45. The Balaban J connectivity index is 1.63. The molecule has 5 heteroatoms. The molecule has 126 valence electrons. The van der Waals surface area contributed by atoms with Crippen molar-refractivity contribution in [2.45, 2.75) is 25.3 Å². The zero-order valence-corrected chi connectivity index (χ0v) is 13.6. The van der Waals surface area contributed by atoms with Gasteiger partial charge in [-0.05, 0) is 55.5 Å². The topological polar surface area (TPSA) is 79.5 Å². The molecule has 1 saturated heterocycles. The van der Waals surface area contributed by atoms with Crippen molar-refractivity contribution in [1.29, 1.82) is 0 Å². The van der Waals surface area contributed by atoms with Gasteiger partial charge in [0.15, 0.2) is 0 Å². The highest BCUT2D eigenvalue weighted by Gasteiger charge is 2.31. The molecular weight excluding hydrogens is 302 g/mol. The van der Waals surface area contributed by atoms with E-state index >= 15 is 0 Å². The number of carboxylic acid groups (broad SMARTS) is 1. The van der Waals surface area contributed by atoms with Crippen LogP contribution in [0.25, 0.3) is 0 Å². The van der Waals surface area contributed by atoms with Crippen LogP contribution in [0.2, 0.25) is 0 Å². The molecule has 24 heavy (non-hydrogen) atoms. The first-order chi connectivity index (χ1) is 11.6. The van der Waals surface area contributed by atoms with Gasteiger partial charge in [-0.2, -0.15) is 0 Å². The zero-order chi connectivity index (χ0) is 16.9. The molecular formula is C19H23N3O2. The van der Waals surface area contributed by atoms with E-state index in [-0.39, 0.29) is 0 Å². The number of benzene rings is 1. The van der Waals surface area contributed by atoms with Crippen LogP contribution in [0.5, 0.6) is 0 Å². The van der Waals surface area contributed by atoms with Crippen LogP contribution in [0.3, 0.4) is 0 Å². The van der Waals surface area contributed by atoms with Crippen LogP contribution in [0, 0.1) is 5.92 Å². The Hall–Kier alpha value is -2.40. The third-order valence-electron chi connectivity index (χ3n) is 4.74. The number of likely N-dealkylation sites (tertiary alicyclic amines) is 1. The highest BCUT2D eigenvalue weighted by atomic mass is 16.4. The van der Waals surface area contributed by atoms with E-state index in [1.165, 1.54) is 5.56 Å². The third-order valence-corrected chi connectivity index (χ3v) is 4.74. The van der Waals surface area contributed by atoms with E-state index in [0.717, 1.165) is 32.4 Å². The minimum atomic E-state index is -0.830. The minimum Gasteiger partial charge on any atom is -0.480 e. The Kier molecular flexibility index (Phi) is 5.11. The van der Waals surface area contributed by atoms with E-state index in [1.54, 1.807) is 18.3 Å². The minimum absolute atomic E-state index is 0.407. The quantitative estimate of drug-likeness (QED) is 0.883. The number of nitrogens with zero attached hydrogens (tertiary/aromatic N) is 2. The van der Waals surface area contributed by atoms with E-state index < -0.39 is 12.0 Å². The van der Waals surface area contributed by atoms with Gasteiger partial charge in [-0.1, -0.05) is 36.4 Å². The predicted molar refractivity (Wildman–Crippen MR) is 93.5 cm³/mol. The molecule has 0 unspecified atom stereocenters. The van der Waals surface area contributed by atoms with Gasteiger partial charge in [-0.15, -0.1) is 0 Å². The fourth-order valence-corrected chi connectivity index (χ4v) is 3.45. The number of aromatic nitrogens is 1. The van der Waals surface area contributed by atoms with E-state index in [4.69, 9.17) is 5.73 Å². The normalized spacial score (nSPS) is 17.5. The van der Waals surface area contributed by atoms with Gasteiger partial charge in [-0.3, -0.25) is 9.69 Å². The van der Waals surface area contributed by atoms with Crippen LogP contribution in [0.15, 0.2) is 48.7 Å². The molecule has 2 aromatic rings. The van der Waals surface area contributed by atoms with Crippen LogP contribution in [-0.2, 0) is 11.2 Å². The van der Waals surface area contributed by atoms with Gasteiger partial charge in [0.1, 0.15) is 11.9 Å². The largest absolute Gasteiger partial charge is 0.480 e. The number of nitrogen functional groups attached to an aromatic ring is 1. The summed E-state index contributed by atoms with van der Waals surface area (Å²) in [5.41, 5.74) is 7.65. The molecule has 1 fully saturated rings. The second-order valence-electron chi connectivity index (χ2n) is 6.43. The van der Waals surface area contributed by atoms with Crippen LogP contribution >= 0.6 is 0 Å². The van der Waals surface area contributed by atoms with E-state index in [0.29, 0.717) is 17.3 Å². The van der Waals surface area contributed by atoms with E-state index in [2.05, 4.69) is 29.2 Å². The third kappa shape index (κ3) is 3.92. The molecule has 0 spiro atoms. The molecule has 0 aliphatic carbocycles. The summed E-state index contributed by atoms with van der Waals surface area (Å²) in [4.78, 5) is 17.8. The second-order valence-corrected chi connectivity index (χ2v) is 6.43. The maximum atomic E-state index is 11.8. The summed E-state index contributed by atoms with van der Waals surface area (Å²) in [7, 11) is 0. The van der Waals surface area contributed by atoms with Crippen molar-refractivity contribution in [2.24, 2.45) is 5.92 Å². The second kappa shape index (κ2) is 7.45. The van der Waals surface area contributed by atoms with Gasteiger partial charge in [0.05, 0.1) is 0 Å². The predicted octanol–water partition coefficient (Wildman–Crippen LogP) is 2.74. The molecule has 1 aromatic carbocycles. The van der Waals surface area contributed by atoms with E-state index in [1.807, 2.05) is 11.0 Å². The number of aliphatic carboxylic acids is 1. The monoisotopic (exact) mass is 325 g/mol. The number of rotatable bonds is 5. The van der Waals surface area contributed by atoms with Crippen molar-refractivity contribution in [3.63, 3.8) is 0 Å². The van der Waals surface area contributed by atoms with Crippen molar-refractivity contribution in [3.05, 3.63) is 59.8 Å². The molecule has 0 bridgehead atoms. The molecule has 5 nitrogen and oxygen atoms in total. The van der Waals surface area contributed by atoms with Gasteiger partial charge in [0.25, 0.3) is 0 Å². The Morgan fingerprint density at radius 1 is 1.21 bits per heavy atom. The number of hydrogen-bond acceptors (Lipinski definition) is 4. The Morgan fingerprint density at radius 2 is 1.92 bits per heavy atom. The SMILES string of the molecule is Nc1ccc([C@@H](C(=O)O)N2CCC(Cc3ccccc3)CC2)cn1. The highest BCUT2D eigenvalue weighted by molar-refractivity contribution is 5.75. The van der Waals surface area contributed by atoms with Crippen LogP contribution in [0.1, 0.15) is 30.0 Å². The Morgan fingerprint density at radius 3 is 2.50 bits per heavy atom. The number of carboxylic acids is 1. The van der Waals surface area contributed by atoms with Crippen LogP contribution < -0.4 is 5.73 Å². The van der Waals surface area contributed by atoms with Crippen molar-refractivity contribution in [1.82, 2.24) is 9.88 Å². The van der Waals surface area contributed by atoms with Gasteiger partial charge in [-0.25, -0.2) is 4.98 Å². The van der Waals surface area contributed by atoms with E-state index in [9.17, 15) is 9.90 Å². The van der Waals surface area contributed by atoms with Gasteiger partial charge >= 0.3 is 5.97 Å². The first-order valence-corrected chi connectivity index (χ1v) is 8.35. The molecule has 3 N–H and O–H groups in total. The number of piperidine rings is 1. The lowest BCUT2D eigenvalue weighted by Crippen LogP contribution is -2.40. The Bertz CT molecular complexity index is 665. The van der Waals surface area contributed by atoms with Gasteiger partial charge in [0, 0.05) is 6.20 Å².